The maximum absolute atomic E-state index is 13.3. The predicted molar refractivity (Wildman–Crippen MR) is 116 cm³/mol. The Balaban J connectivity index is 1.68. The molecule has 3 aromatic rings. The van der Waals surface area contributed by atoms with E-state index in [4.69, 9.17) is 9.47 Å². The first-order chi connectivity index (χ1) is 14.7. The topological polar surface area (TPSA) is 77.5 Å². The van der Waals surface area contributed by atoms with Crippen molar-refractivity contribution in [1.82, 2.24) is 10.3 Å². The van der Waals surface area contributed by atoms with Crippen LogP contribution in [0.4, 0.5) is 0 Å². The summed E-state index contributed by atoms with van der Waals surface area (Å²) in [6.07, 6.45) is 5.24. The number of nitrogens with one attached hydrogen (secondary N) is 1. The van der Waals surface area contributed by atoms with E-state index in [0.717, 1.165) is 47.1 Å². The van der Waals surface area contributed by atoms with Crippen LogP contribution in [-0.4, -0.2) is 37.1 Å². The van der Waals surface area contributed by atoms with Crippen LogP contribution >= 0.6 is 11.3 Å². The molecule has 0 radical (unpaired) electrons. The SMILES string of the molecule is COC(=O)c1cc2c(C(C(=O)OCc3ccccc3)C3CCNCC3)cncc2s1. The van der Waals surface area contributed by atoms with E-state index in [0.29, 0.717) is 4.88 Å². The first kappa shape index (κ1) is 20.5. The second-order valence-electron chi connectivity index (χ2n) is 7.40. The first-order valence-electron chi connectivity index (χ1n) is 10.0. The molecule has 1 aliphatic rings. The molecule has 0 saturated carbocycles. The average Bonchev–Trinajstić information content (AvgIpc) is 3.24. The van der Waals surface area contributed by atoms with Crippen LogP contribution < -0.4 is 5.32 Å². The van der Waals surface area contributed by atoms with Crippen LogP contribution in [-0.2, 0) is 20.9 Å². The van der Waals surface area contributed by atoms with Gasteiger partial charge in [0.25, 0.3) is 0 Å². The van der Waals surface area contributed by atoms with E-state index in [1.165, 1.54) is 18.4 Å². The van der Waals surface area contributed by atoms with Gasteiger partial charge in [-0.15, -0.1) is 11.3 Å². The van der Waals surface area contributed by atoms with Crippen LogP contribution in [0.3, 0.4) is 0 Å². The van der Waals surface area contributed by atoms with Crippen molar-refractivity contribution in [2.45, 2.75) is 25.4 Å². The summed E-state index contributed by atoms with van der Waals surface area (Å²) in [6.45, 7) is 1.97. The summed E-state index contributed by atoms with van der Waals surface area (Å²) in [5.74, 6) is -0.895. The number of nitrogens with zero attached hydrogens (tertiary/aromatic N) is 1. The van der Waals surface area contributed by atoms with Gasteiger partial charge in [-0.1, -0.05) is 30.3 Å². The van der Waals surface area contributed by atoms with Crippen molar-refractivity contribution in [3.8, 4) is 0 Å². The van der Waals surface area contributed by atoms with E-state index in [1.54, 1.807) is 18.5 Å². The normalized spacial score (nSPS) is 15.6. The van der Waals surface area contributed by atoms with E-state index in [2.05, 4.69) is 10.3 Å². The second-order valence-corrected chi connectivity index (χ2v) is 8.48. The molecule has 6 nitrogen and oxygen atoms in total. The second kappa shape index (κ2) is 9.36. The zero-order chi connectivity index (χ0) is 20.9. The Morgan fingerprint density at radius 2 is 1.97 bits per heavy atom. The van der Waals surface area contributed by atoms with Crippen molar-refractivity contribution < 1.29 is 19.1 Å². The van der Waals surface area contributed by atoms with Crippen LogP contribution in [0, 0.1) is 5.92 Å². The standard InChI is InChI=1S/C23H24N2O4S/c1-28-22(26)19-11-17-18(12-25-13-20(17)30-19)21(16-7-9-24-10-8-16)23(27)29-14-15-5-3-2-4-6-15/h2-6,11-13,16,21,24H,7-10,14H2,1H3. The number of methoxy groups -OCH3 is 1. The summed E-state index contributed by atoms with van der Waals surface area (Å²) >= 11 is 1.33. The molecule has 1 aromatic carbocycles. The number of benzene rings is 1. The Kier molecular flexibility index (Phi) is 6.40. The molecule has 156 valence electrons. The van der Waals surface area contributed by atoms with Crippen LogP contribution in [0.2, 0.25) is 0 Å². The van der Waals surface area contributed by atoms with E-state index in [1.807, 2.05) is 30.3 Å². The minimum atomic E-state index is -0.424. The highest BCUT2D eigenvalue weighted by molar-refractivity contribution is 7.20. The minimum Gasteiger partial charge on any atom is -0.465 e. The van der Waals surface area contributed by atoms with Crippen LogP contribution in [0.25, 0.3) is 10.1 Å². The van der Waals surface area contributed by atoms with Gasteiger partial charge in [0.2, 0.25) is 0 Å². The van der Waals surface area contributed by atoms with E-state index in [-0.39, 0.29) is 24.5 Å². The fraction of sp³-hybridized carbons (Fsp3) is 0.348. The molecule has 1 unspecified atom stereocenters. The van der Waals surface area contributed by atoms with Gasteiger partial charge in [0.1, 0.15) is 11.5 Å². The van der Waals surface area contributed by atoms with E-state index in [9.17, 15) is 9.59 Å². The lowest BCUT2D eigenvalue weighted by Crippen LogP contribution is -2.34. The lowest BCUT2D eigenvalue weighted by atomic mass is 9.80. The van der Waals surface area contributed by atoms with Gasteiger partial charge in [-0.2, -0.15) is 0 Å². The summed E-state index contributed by atoms with van der Waals surface area (Å²) < 4.78 is 11.5. The van der Waals surface area contributed by atoms with E-state index >= 15 is 0 Å². The van der Waals surface area contributed by atoms with Crippen LogP contribution in [0.1, 0.15) is 39.6 Å². The largest absolute Gasteiger partial charge is 0.465 e. The van der Waals surface area contributed by atoms with Crippen LogP contribution in [0.5, 0.6) is 0 Å². The summed E-state index contributed by atoms with van der Waals surface area (Å²) in [5, 5.41) is 4.23. The van der Waals surface area contributed by atoms with Crippen molar-refractivity contribution in [3.63, 3.8) is 0 Å². The highest BCUT2D eigenvalue weighted by atomic mass is 32.1. The number of thiophene rings is 1. The molecular formula is C23H24N2O4S. The molecule has 1 N–H and O–H groups in total. The number of fused-ring (bicyclic) bond motifs is 1. The quantitative estimate of drug-likeness (QED) is 0.605. The van der Waals surface area contributed by atoms with Crippen molar-refractivity contribution in [1.29, 1.82) is 0 Å². The molecule has 0 bridgehead atoms. The van der Waals surface area contributed by atoms with Crippen molar-refractivity contribution in [2.75, 3.05) is 20.2 Å². The Labute approximate surface area is 179 Å². The fourth-order valence-electron chi connectivity index (χ4n) is 4.00. The monoisotopic (exact) mass is 424 g/mol. The third-order valence-corrected chi connectivity index (χ3v) is 6.58. The zero-order valence-corrected chi connectivity index (χ0v) is 17.6. The highest BCUT2D eigenvalue weighted by Gasteiger charge is 2.34. The summed E-state index contributed by atoms with van der Waals surface area (Å²) in [4.78, 5) is 30.2. The minimum absolute atomic E-state index is 0.156. The number of carbonyl (C=O) groups excluding carboxylic acids is 2. The number of ether oxygens (including phenoxy) is 2. The third-order valence-electron chi connectivity index (χ3n) is 5.53. The maximum atomic E-state index is 13.3. The number of rotatable bonds is 6. The number of hydrogen-bond donors (Lipinski definition) is 1. The van der Waals surface area contributed by atoms with Gasteiger partial charge in [0.05, 0.1) is 17.7 Å². The van der Waals surface area contributed by atoms with Crippen LogP contribution in [0.15, 0.2) is 48.8 Å². The number of aromatic nitrogens is 1. The highest BCUT2D eigenvalue weighted by Crippen LogP contribution is 2.38. The number of pyridine rings is 1. The molecule has 30 heavy (non-hydrogen) atoms. The molecular weight excluding hydrogens is 400 g/mol. The Morgan fingerprint density at radius 1 is 1.20 bits per heavy atom. The Bertz CT molecular complexity index is 1030. The summed E-state index contributed by atoms with van der Waals surface area (Å²) in [7, 11) is 1.37. The molecule has 7 heteroatoms. The van der Waals surface area contributed by atoms with Crippen molar-refractivity contribution in [3.05, 3.63) is 64.8 Å². The van der Waals surface area contributed by atoms with Gasteiger partial charge in [0, 0.05) is 17.8 Å². The van der Waals surface area contributed by atoms with Crippen molar-refractivity contribution in [2.24, 2.45) is 5.92 Å². The van der Waals surface area contributed by atoms with E-state index < -0.39 is 5.92 Å². The fourth-order valence-corrected chi connectivity index (χ4v) is 4.98. The van der Waals surface area contributed by atoms with Gasteiger partial charge in [0.15, 0.2) is 0 Å². The summed E-state index contributed by atoms with van der Waals surface area (Å²) in [5.41, 5.74) is 1.78. The molecule has 0 spiro atoms. The first-order valence-corrected chi connectivity index (χ1v) is 10.9. The van der Waals surface area contributed by atoms with Gasteiger partial charge in [-0.05, 0) is 49.0 Å². The average molecular weight is 425 g/mol. The lowest BCUT2D eigenvalue weighted by molar-refractivity contribution is -0.148. The molecule has 1 saturated heterocycles. The van der Waals surface area contributed by atoms with Gasteiger partial charge < -0.3 is 14.8 Å². The molecule has 1 fully saturated rings. The maximum Gasteiger partial charge on any atom is 0.348 e. The lowest BCUT2D eigenvalue weighted by Gasteiger charge is -2.29. The molecule has 0 amide bonds. The summed E-state index contributed by atoms with van der Waals surface area (Å²) in [6, 6.07) is 11.5. The number of esters is 2. The molecule has 1 aliphatic heterocycles. The molecule has 3 heterocycles. The smallest absolute Gasteiger partial charge is 0.348 e. The third kappa shape index (κ3) is 4.37. The molecule has 2 aromatic heterocycles. The van der Waals surface area contributed by atoms with Gasteiger partial charge in [-0.25, -0.2) is 4.79 Å². The molecule has 0 aliphatic carbocycles. The molecule has 1 atom stereocenters. The van der Waals surface area contributed by atoms with Gasteiger partial charge in [-0.3, -0.25) is 9.78 Å². The number of piperidine rings is 1. The number of carbonyl (C=O) groups is 2. The number of hydrogen-bond acceptors (Lipinski definition) is 7. The zero-order valence-electron chi connectivity index (χ0n) is 16.8. The predicted octanol–water partition coefficient (Wildman–Crippen LogP) is 3.91. The molecule has 4 rings (SSSR count). The van der Waals surface area contributed by atoms with Crippen molar-refractivity contribution >= 4 is 33.4 Å². The Hall–Kier alpha value is -2.77. The Morgan fingerprint density at radius 3 is 2.70 bits per heavy atom. The van der Waals surface area contributed by atoms with Gasteiger partial charge >= 0.3 is 11.9 Å².